The first-order valence-electron chi connectivity index (χ1n) is 7.08. The Balaban J connectivity index is 2.00. The summed E-state index contributed by atoms with van der Waals surface area (Å²) in [6, 6.07) is 7.85. The van der Waals surface area contributed by atoms with Crippen molar-refractivity contribution in [2.45, 2.75) is 45.7 Å². The van der Waals surface area contributed by atoms with Crippen molar-refractivity contribution in [1.82, 2.24) is 10.2 Å². The first-order valence-corrected chi connectivity index (χ1v) is 7.08. The van der Waals surface area contributed by atoms with Gasteiger partial charge in [0, 0.05) is 18.6 Å². The number of benzene rings is 1. The summed E-state index contributed by atoms with van der Waals surface area (Å²) in [5, 5.41) is 3.78. The molecule has 1 N–H and O–H groups in total. The third kappa shape index (κ3) is 3.33. The Morgan fingerprint density at radius 1 is 1.33 bits per heavy atom. The Morgan fingerprint density at radius 3 is 2.78 bits per heavy atom. The maximum Gasteiger partial charge on any atom is 0.0297 e. The molecule has 0 saturated carbocycles. The molecule has 2 nitrogen and oxygen atoms in total. The molecule has 1 fully saturated rings. The highest BCUT2D eigenvalue weighted by Gasteiger charge is 2.19. The molecule has 1 aromatic rings. The fraction of sp³-hybridized carbons (Fsp3) is 0.625. The summed E-state index contributed by atoms with van der Waals surface area (Å²) in [7, 11) is 2.22. The molecule has 0 bridgehead atoms. The van der Waals surface area contributed by atoms with E-state index in [0.29, 0.717) is 12.1 Å². The van der Waals surface area contributed by atoms with Crippen molar-refractivity contribution in [1.29, 1.82) is 0 Å². The van der Waals surface area contributed by atoms with Gasteiger partial charge in [-0.1, -0.05) is 23.8 Å². The summed E-state index contributed by atoms with van der Waals surface area (Å²) in [5.74, 6) is 0. The van der Waals surface area contributed by atoms with E-state index in [2.05, 4.69) is 56.2 Å². The third-order valence-electron chi connectivity index (χ3n) is 4.00. The number of piperidine rings is 1. The van der Waals surface area contributed by atoms with Gasteiger partial charge in [0.2, 0.25) is 0 Å². The molecule has 0 spiro atoms. The molecule has 1 saturated heterocycles. The van der Waals surface area contributed by atoms with Gasteiger partial charge in [-0.05, 0) is 58.3 Å². The second kappa shape index (κ2) is 5.85. The Labute approximate surface area is 111 Å². The zero-order valence-electron chi connectivity index (χ0n) is 12.2. The van der Waals surface area contributed by atoms with E-state index < -0.39 is 0 Å². The summed E-state index contributed by atoms with van der Waals surface area (Å²) < 4.78 is 0. The molecule has 0 aliphatic carbocycles. The molecule has 2 unspecified atom stereocenters. The van der Waals surface area contributed by atoms with Crippen LogP contribution in [0.5, 0.6) is 0 Å². The van der Waals surface area contributed by atoms with E-state index in [4.69, 9.17) is 0 Å². The minimum Gasteiger partial charge on any atom is -0.306 e. The van der Waals surface area contributed by atoms with Gasteiger partial charge in [-0.3, -0.25) is 0 Å². The van der Waals surface area contributed by atoms with Crippen LogP contribution < -0.4 is 5.32 Å². The van der Waals surface area contributed by atoms with Gasteiger partial charge in [-0.25, -0.2) is 0 Å². The van der Waals surface area contributed by atoms with Gasteiger partial charge in [0.05, 0.1) is 0 Å². The topological polar surface area (TPSA) is 15.3 Å². The fourth-order valence-corrected chi connectivity index (χ4v) is 3.06. The predicted octanol–water partition coefficient (Wildman–Crippen LogP) is 3.05. The molecule has 1 aromatic carbocycles. The predicted molar refractivity (Wildman–Crippen MR) is 78.0 cm³/mol. The van der Waals surface area contributed by atoms with E-state index in [0.717, 1.165) is 0 Å². The Kier molecular flexibility index (Phi) is 4.41. The van der Waals surface area contributed by atoms with Crippen LogP contribution in [0, 0.1) is 13.8 Å². The van der Waals surface area contributed by atoms with Crippen LogP contribution in [0.25, 0.3) is 0 Å². The quantitative estimate of drug-likeness (QED) is 0.882. The molecule has 1 aliphatic rings. The van der Waals surface area contributed by atoms with Crippen LogP contribution in [0.1, 0.15) is 42.5 Å². The number of nitrogens with one attached hydrogen (secondary N) is 1. The van der Waals surface area contributed by atoms with Gasteiger partial charge in [-0.15, -0.1) is 0 Å². The number of nitrogens with zero attached hydrogens (tertiary/aromatic N) is 1. The number of hydrogen-bond acceptors (Lipinski definition) is 2. The molecule has 1 heterocycles. The number of likely N-dealkylation sites (tertiary alicyclic amines) is 1. The Hall–Kier alpha value is -0.860. The van der Waals surface area contributed by atoms with Crippen molar-refractivity contribution in [2.75, 3.05) is 20.1 Å². The van der Waals surface area contributed by atoms with Gasteiger partial charge in [0.1, 0.15) is 0 Å². The number of rotatable bonds is 3. The monoisotopic (exact) mass is 246 g/mol. The average Bonchev–Trinajstić information content (AvgIpc) is 2.28. The minimum absolute atomic E-state index is 0.446. The van der Waals surface area contributed by atoms with Crippen molar-refractivity contribution < 1.29 is 0 Å². The van der Waals surface area contributed by atoms with Gasteiger partial charge >= 0.3 is 0 Å². The van der Waals surface area contributed by atoms with E-state index in [9.17, 15) is 0 Å². The summed E-state index contributed by atoms with van der Waals surface area (Å²) in [6.07, 6.45) is 2.62. The van der Waals surface area contributed by atoms with Crippen molar-refractivity contribution in [3.05, 3.63) is 34.9 Å². The zero-order valence-corrected chi connectivity index (χ0v) is 12.2. The van der Waals surface area contributed by atoms with E-state index in [1.807, 2.05) is 0 Å². The average molecular weight is 246 g/mol. The standard InChI is InChI=1S/C16H26N2/c1-12-7-8-16(13(2)10-12)14(3)17-15-6-5-9-18(4)11-15/h7-8,10,14-15,17H,5-6,9,11H2,1-4H3. The van der Waals surface area contributed by atoms with Gasteiger partial charge in [-0.2, -0.15) is 0 Å². The molecule has 1 aliphatic heterocycles. The molecule has 100 valence electrons. The van der Waals surface area contributed by atoms with Crippen molar-refractivity contribution >= 4 is 0 Å². The van der Waals surface area contributed by atoms with E-state index in [1.54, 1.807) is 0 Å². The van der Waals surface area contributed by atoms with Crippen LogP contribution in [-0.4, -0.2) is 31.1 Å². The van der Waals surface area contributed by atoms with E-state index >= 15 is 0 Å². The third-order valence-corrected chi connectivity index (χ3v) is 4.00. The highest BCUT2D eigenvalue weighted by atomic mass is 15.1. The molecule has 2 rings (SSSR count). The van der Waals surface area contributed by atoms with Crippen LogP contribution in [-0.2, 0) is 0 Å². The number of likely N-dealkylation sites (N-methyl/N-ethyl adjacent to an activating group) is 1. The van der Waals surface area contributed by atoms with E-state index in [1.165, 1.54) is 42.6 Å². The molecule has 2 heteroatoms. The van der Waals surface area contributed by atoms with Gasteiger partial charge in [0.15, 0.2) is 0 Å². The second-order valence-electron chi connectivity index (χ2n) is 5.85. The van der Waals surface area contributed by atoms with Crippen molar-refractivity contribution in [3.8, 4) is 0 Å². The SMILES string of the molecule is Cc1ccc(C(C)NC2CCCN(C)C2)c(C)c1. The Morgan fingerprint density at radius 2 is 2.11 bits per heavy atom. The van der Waals surface area contributed by atoms with Crippen molar-refractivity contribution in [3.63, 3.8) is 0 Å². The fourth-order valence-electron chi connectivity index (χ4n) is 3.06. The summed E-state index contributed by atoms with van der Waals surface area (Å²) in [6.45, 7) is 9.08. The molecular formula is C16H26N2. The largest absolute Gasteiger partial charge is 0.306 e. The number of aryl methyl sites for hydroxylation is 2. The lowest BCUT2D eigenvalue weighted by Crippen LogP contribution is -2.44. The van der Waals surface area contributed by atoms with Crippen LogP contribution in [0.4, 0.5) is 0 Å². The molecule has 18 heavy (non-hydrogen) atoms. The van der Waals surface area contributed by atoms with E-state index in [-0.39, 0.29) is 0 Å². The summed E-state index contributed by atoms with van der Waals surface area (Å²) in [4.78, 5) is 2.43. The lowest BCUT2D eigenvalue weighted by atomic mass is 9.98. The molecular weight excluding hydrogens is 220 g/mol. The lowest BCUT2D eigenvalue weighted by Gasteiger charge is -2.32. The summed E-state index contributed by atoms with van der Waals surface area (Å²) >= 11 is 0. The molecule has 0 amide bonds. The summed E-state index contributed by atoms with van der Waals surface area (Å²) in [5.41, 5.74) is 4.19. The number of hydrogen-bond donors (Lipinski definition) is 1. The molecule has 0 radical (unpaired) electrons. The second-order valence-corrected chi connectivity index (χ2v) is 5.85. The highest BCUT2D eigenvalue weighted by Crippen LogP contribution is 2.20. The zero-order chi connectivity index (χ0) is 13.1. The Bertz CT molecular complexity index is 400. The van der Waals surface area contributed by atoms with Gasteiger partial charge < -0.3 is 10.2 Å². The lowest BCUT2D eigenvalue weighted by molar-refractivity contribution is 0.218. The first kappa shape index (κ1) is 13.6. The first-order chi connectivity index (χ1) is 8.56. The maximum absolute atomic E-state index is 3.78. The maximum atomic E-state index is 3.78. The van der Waals surface area contributed by atoms with Crippen LogP contribution in [0.2, 0.25) is 0 Å². The normalized spacial score (nSPS) is 23.0. The van der Waals surface area contributed by atoms with Crippen molar-refractivity contribution in [2.24, 2.45) is 0 Å². The van der Waals surface area contributed by atoms with Crippen LogP contribution in [0.3, 0.4) is 0 Å². The molecule has 0 aromatic heterocycles. The molecule has 2 atom stereocenters. The van der Waals surface area contributed by atoms with Crippen LogP contribution in [0.15, 0.2) is 18.2 Å². The minimum atomic E-state index is 0.446. The highest BCUT2D eigenvalue weighted by molar-refractivity contribution is 5.32. The van der Waals surface area contributed by atoms with Gasteiger partial charge in [0.25, 0.3) is 0 Å². The van der Waals surface area contributed by atoms with Crippen LogP contribution >= 0.6 is 0 Å². The smallest absolute Gasteiger partial charge is 0.0297 e.